The minimum Gasteiger partial charge on any atom is -0.466 e. The van der Waals surface area contributed by atoms with E-state index < -0.39 is 32.9 Å². The highest BCUT2D eigenvalue weighted by Crippen LogP contribution is 2.30. The lowest BCUT2D eigenvalue weighted by molar-refractivity contribution is -0.154. The van der Waals surface area contributed by atoms with Gasteiger partial charge in [-0.15, -0.1) is 0 Å². The van der Waals surface area contributed by atoms with Gasteiger partial charge >= 0.3 is 12.1 Å². The van der Waals surface area contributed by atoms with Gasteiger partial charge in [-0.3, -0.25) is 4.79 Å². The van der Waals surface area contributed by atoms with Crippen LogP contribution in [0.4, 0.5) is 13.2 Å². The normalized spacial score (nSPS) is 14.7. The SMILES string of the molecule is CCOC(=O)C[C@@H](C(F)(F)F)S(=O)(=O)Cl. The van der Waals surface area contributed by atoms with E-state index in [2.05, 4.69) is 15.4 Å². The highest BCUT2D eigenvalue weighted by Gasteiger charge is 2.49. The van der Waals surface area contributed by atoms with Crippen molar-refractivity contribution in [1.82, 2.24) is 0 Å². The van der Waals surface area contributed by atoms with Crippen molar-refractivity contribution in [3.8, 4) is 0 Å². The molecular formula is C6H8ClF3O4S. The monoisotopic (exact) mass is 268 g/mol. The molecule has 0 spiro atoms. The Labute approximate surface area is 88.8 Å². The molecule has 90 valence electrons. The van der Waals surface area contributed by atoms with Crippen molar-refractivity contribution >= 4 is 25.7 Å². The molecule has 0 unspecified atom stereocenters. The predicted octanol–water partition coefficient (Wildman–Crippen LogP) is 1.44. The fourth-order valence-electron chi connectivity index (χ4n) is 0.746. The van der Waals surface area contributed by atoms with Crippen molar-refractivity contribution in [2.75, 3.05) is 6.61 Å². The third kappa shape index (κ3) is 5.22. The fraction of sp³-hybridized carbons (Fsp3) is 0.833. The highest BCUT2D eigenvalue weighted by molar-refractivity contribution is 8.14. The average Bonchev–Trinajstić information content (AvgIpc) is 1.96. The van der Waals surface area contributed by atoms with Crippen LogP contribution < -0.4 is 0 Å². The molecule has 0 aliphatic carbocycles. The molecule has 0 fully saturated rings. The van der Waals surface area contributed by atoms with Gasteiger partial charge in [-0.25, -0.2) is 8.42 Å². The van der Waals surface area contributed by atoms with Gasteiger partial charge in [-0.2, -0.15) is 13.2 Å². The van der Waals surface area contributed by atoms with Gasteiger partial charge in [0.2, 0.25) is 9.05 Å². The first-order valence-corrected chi connectivity index (χ1v) is 6.12. The highest BCUT2D eigenvalue weighted by atomic mass is 35.7. The Kier molecular flexibility index (Phi) is 4.85. The summed E-state index contributed by atoms with van der Waals surface area (Å²) in [5, 5.41) is -2.93. The van der Waals surface area contributed by atoms with Crippen molar-refractivity contribution in [3.63, 3.8) is 0 Å². The van der Waals surface area contributed by atoms with Gasteiger partial charge in [0, 0.05) is 10.7 Å². The Morgan fingerprint density at radius 1 is 1.47 bits per heavy atom. The Balaban J connectivity index is 4.78. The first kappa shape index (κ1) is 14.5. The van der Waals surface area contributed by atoms with Gasteiger partial charge in [0.25, 0.3) is 0 Å². The molecule has 0 aliphatic heterocycles. The van der Waals surface area contributed by atoms with Crippen molar-refractivity contribution < 1.29 is 31.1 Å². The molecule has 0 aromatic carbocycles. The topological polar surface area (TPSA) is 60.4 Å². The van der Waals surface area contributed by atoms with E-state index in [-0.39, 0.29) is 6.61 Å². The summed E-state index contributed by atoms with van der Waals surface area (Å²) in [6, 6.07) is 0. The van der Waals surface area contributed by atoms with Crippen LogP contribution in [-0.2, 0) is 18.6 Å². The zero-order chi connectivity index (χ0) is 12.3. The van der Waals surface area contributed by atoms with Gasteiger partial charge in [-0.05, 0) is 6.92 Å². The van der Waals surface area contributed by atoms with E-state index in [0.717, 1.165) is 0 Å². The molecule has 0 aromatic rings. The Morgan fingerprint density at radius 3 is 2.20 bits per heavy atom. The Bertz CT molecular complexity index is 324. The molecule has 0 radical (unpaired) electrons. The molecule has 1 atom stereocenters. The molecule has 0 N–H and O–H groups in total. The lowest BCUT2D eigenvalue weighted by Gasteiger charge is -2.15. The summed E-state index contributed by atoms with van der Waals surface area (Å²) < 4.78 is 61.7. The van der Waals surface area contributed by atoms with Crippen LogP contribution in [0.5, 0.6) is 0 Å². The van der Waals surface area contributed by atoms with E-state index in [0.29, 0.717) is 0 Å². The molecule has 4 nitrogen and oxygen atoms in total. The van der Waals surface area contributed by atoms with Gasteiger partial charge in [-0.1, -0.05) is 0 Å². The second-order valence-corrected chi connectivity index (χ2v) is 5.33. The van der Waals surface area contributed by atoms with Gasteiger partial charge in [0.15, 0.2) is 5.25 Å². The minimum absolute atomic E-state index is 0.133. The number of hydrogen-bond acceptors (Lipinski definition) is 4. The number of carbonyl (C=O) groups is 1. The van der Waals surface area contributed by atoms with Crippen molar-refractivity contribution in [2.45, 2.75) is 24.8 Å². The van der Waals surface area contributed by atoms with Crippen LogP contribution >= 0.6 is 10.7 Å². The van der Waals surface area contributed by atoms with Crippen LogP contribution in [0.15, 0.2) is 0 Å². The number of carbonyl (C=O) groups excluding carboxylic acids is 1. The van der Waals surface area contributed by atoms with Crippen molar-refractivity contribution in [1.29, 1.82) is 0 Å². The van der Waals surface area contributed by atoms with Crippen LogP contribution in [0.2, 0.25) is 0 Å². The summed E-state index contributed by atoms with van der Waals surface area (Å²) in [4.78, 5) is 10.7. The fourth-order valence-corrected chi connectivity index (χ4v) is 1.89. The van der Waals surface area contributed by atoms with Crippen LogP contribution in [0.3, 0.4) is 0 Å². The summed E-state index contributed by atoms with van der Waals surface area (Å²) >= 11 is 0. The lowest BCUT2D eigenvalue weighted by atomic mass is 10.3. The van der Waals surface area contributed by atoms with E-state index in [1.165, 1.54) is 6.92 Å². The predicted molar refractivity (Wildman–Crippen MR) is 45.9 cm³/mol. The third-order valence-electron chi connectivity index (χ3n) is 1.36. The number of rotatable bonds is 4. The molecule has 0 aliphatic rings. The van der Waals surface area contributed by atoms with Crippen LogP contribution in [0.1, 0.15) is 13.3 Å². The Hall–Kier alpha value is -0.500. The zero-order valence-electron chi connectivity index (χ0n) is 7.54. The van der Waals surface area contributed by atoms with Gasteiger partial charge in [0.05, 0.1) is 13.0 Å². The maximum Gasteiger partial charge on any atom is 0.407 e. The zero-order valence-corrected chi connectivity index (χ0v) is 9.12. The lowest BCUT2D eigenvalue weighted by Crippen LogP contribution is -2.36. The Morgan fingerprint density at radius 2 is 1.93 bits per heavy atom. The van der Waals surface area contributed by atoms with Crippen LogP contribution in [0.25, 0.3) is 0 Å². The number of esters is 1. The molecule has 0 rings (SSSR count). The minimum atomic E-state index is -5.09. The molecule has 0 saturated carbocycles. The van der Waals surface area contributed by atoms with Crippen LogP contribution in [0, 0.1) is 0 Å². The number of halogens is 4. The van der Waals surface area contributed by atoms with Crippen molar-refractivity contribution in [3.05, 3.63) is 0 Å². The van der Waals surface area contributed by atoms with E-state index in [1.807, 2.05) is 0 Å². The van der Waals surface area contributed by atoms with E-state index >= 15 is 0 Å². The summed E-state index contributed by atoms with van der Waals surface area (Å²) in [6.45, 7) is 1.25. The van der Waals surface area contributed by atoms with Gasteiger partial charge in [0.1, 0.15) is 0 Å². The molecule has 0 bridgehead atoms. The summed E-state index contributed by atoms with van der Waals surface area (Å²) in [5.74, 6) is -1.26. The molecule has 15 heavy (non-hydrogen) atoms. The van der Waals surface area contributed by atoms with Gasteiger partial charge < -0.3 is 4.74 Å². The molecule has 9 heteroatoms. The number of hydrogen-bond donors (Lipinski definition) is 0. The average molecular weight is 269 g/mol. The van der Waals surface area contributed by atoms with E-state index in [1.54, 1.807) is 0 Å². The second-order valence-electron chi connectivity index (χ2n) is 2.51. The number of alkyl halides is 3. The molecule has 0 aromatic heterocycles. The summed E-state index contributed by atoms with van der Waals surface area (Å²) in [5.41, 5.74) is 0. The third-order valence-corrected chi connectivity index (χ3v) is 3.12. The first-order valence-electron chi connectivity index (χ1n) is 3.74. The quantitative estimate of drug-likeness (QED) is 0.572. The summed E-state index contributed by atoms with van der Waals surface area (Å²) in [7, 11) is -0.317. The van der Waals surface area contributed by atoms with E-state index in [4.69, 9.17) is 0 Å². The van der Waals surface area contributed by atoms with E-state index in [9.17, 15) is 26.4 Å². The smallest absolute Gasteiger partial charge is 0.407 e. The van der Waals surface area contributed by atoms with Crippen LogP contribution in [-0.4, -0.2) is 32.4 Å². The van der Waals surface area contributed by atoms with Crippen molar-refractivity contribution in [2.24, 2.45) is 0 Å². The maximum atomic E-state index is 12.1. The molecule has 0 saturated heterocycles. The second kappa shape index (κ2) is 5.02. The molecule has 0 heterocycles. The molecule has 0 amide bonds. The largest absolute Gasteiger partial charge is 0.466 e. The number of ether oxygens (including phenoxy) is 1. The maximum absolute atomic E-state index is 12.1. The standard InChI is InChI=1S/C6H8ClF3O4S/c1-2-14-5(11)3-4(6(8,9)10)15(7,12)13/h4H,2-3H2,1H3/t4-/m0/s1. The first-order chi connectivity index (χ1) is 6.59. The molecular weight excluding hydrogens is 261 g/mol. The summed E-state index contributed by atoms with van der Waals surface area (Å²) in [6.07, 6.45) is -6.42.